The SMILES string of the molecule is CCC(C(=O)O)N(C)C(=O)N1CCCCC1. The van der Waals surface area contributed by atoms with E-state index in [0.29, 0.717) is 6.42 Å². The second-order valence-electron chi connectivity index (χ2n) is 4.20. The van der Waals surface area contributed by atoms with E-state index in [4.69, 9.17) is 5.11 Å². The van der Waals surface area contributed by atoms with Gasteiger partial charge in [0.15, 0.2) is 0 Å². The van der Waals surface area contributed by atoms with Crippen molar-refractivity contribution < 1.29 is 14.7 Å². The van der Waals surface area contributed by atoms with E-state index in [0.717, 1.165) is 32.4 Å². The number of carbonyl (C=O) groups excluding carboxylic acids is 1. The Morgan fingerprint density at radius 1 is 1.31 bits per heavy atom. The van der Waals surface area contributed by atoms with Crippen molar-refractivity contribution in [2.24, 2.45) is 0 Å². The maximum absolute atomic E-state index is 12.0. The summed E-state index contributed by atoms with van der Waals surface area (Å²) in [5.41, 5.74) is 0. The molecule has 92 valence electrons. The van der Waals surface area contributed by atoms with Gasteiger partial charge in [-0.05, 0) is 25.7 Å². The van der Waals surface area contributed by atoms with Crippen molar-refractivity contribution in [3.63, 3.8) is 0 Å². The van der Waals surface area contributed by atoms with Crippen molar-refractivity contribution in [1.29, 1.82) is 0 Å². The van der Waals surface area contributed by atoms with Crippen LogP contribution in [0.5, 0.6) is 0 Å². The quantitative estimate of drug-likeness (QED) is 0.794. The van der Waals surface area contributed by atoms with Crippen LogP contribution in [-0.4, -0.2) is 53.1 Å². The fourth-order valence-corrected chi connectivity index (χ4v) is 2.06. The van der Waals surface area contributed by atoms with E-state index in [-0.39, 0.29) is 6.03 Å². The minimum atomic E-state index is -0.935. The first kappa shape index (κ1) is 12.8. The summed E-state index contributed by atoms with van der Waals surface area (Å²) >= 11 is 0. The first-order valence-corrected chi connectivity index (χ1v) is 5.82. The van der Waals surface area contributed by atoms with Crippen molar-refractivity contribution in [2.75, 3.05) is 20.1 Å². The molecule has 1 unspecified atom stereocenters. The molecule has 0 bridgehead atoms. The van der Waals surface area contributed by atoms with Crippen LogP contribution in [0.1, 0.15) is 32.6 Å². The highest BCUT2D eigenvalue weighted by Crippen LogP contribution is 2.13. The molecule has 5 heteroatoms. The molecule has 1 rings (SSSR count). The highest BCUT2D eigenvalue weighted by Gasteiger charge is 2.28. The second kappa shape index (κ2) is 5.72. The molecule has 1 N–H and O–H groups in total. The Morgan fingerprint density at radius 3 is 2.31 bits per heavy atom. The Hall–Kier alpha value is -1.26. The molecule has 0 aromatic rings. The molecule has 5 nitrogen and oxygen atoms in total. The Balaban J connectivity index is 2.60. The lowest BCUT2D eigenvalue weighted by Gasteiger charge is -2.33. The summed E-state index contributed by atoms with van der Waals surface area (Å²) in [5.74, 6) is -0.935. The van der Waals surface area contributed by atoms with Gasteiger partial charge in [-0.15, -0.1) is 0 Å². The molecular formula is C11H20N2O3. The van der Waals surface area contributed by atoms with Crippen molar-refractivity contribution in [1.82, 2.24) is 9.80 Å². The van der Waals surface area contributed by atoms with Gasteiger partial charge in [-0.25, -0.2) is 9.59 Å². The summed E-state index contributed by atoms with van der Waals surface area (Å²) in [7, 11) is 1.57. The van der Waals surface area contributed by atoms with Gasteiger partial charge in [0, 0.05) is 20.1 Å². The minimum absolute atomic E-state index is 0.158. The van der Waals surface area contributed by atoms with Crippen LogP contribution in [0.15, 0.2) is 0 Å². The van der Waals surface area contributed by atoms with E-state index in [1.165, 1.54) is 4.90 Å². The number of aliphatic carboxylic acids is 1. The molecule has 2 amide bonds. The molecule has 0 aromatic heterocycles. The molecule has 1 aliphatic rings. The molecule has 0 saturated carbocycles. The molecule has 16 heavy (non-hydrogen) atoms. The normalized spacial score (nSPS) is 18.0. The number of nitrogens with zero attached hydrogens (tertiary/aromatic N) is 2. The predicted molar refractivity (Wildman–Crippen MR) is 60.3 cm³/mol. The number of hydrogen-bond donors (Lipinski definition) is 1. The van der Waals surface area contributed by atoms with E-state index >= 15 is 0 Å². The molecule has 1 atom stereocenters. The average Bonchev–Trinajstić information content (AvgIpc) is 2.29. The lowest BCUT2D eigenvalue weighted by atomic mass is 10.1. The van der Waals surface area contributed by atoms with Crippen LogP contribution in [0, 0.1) is 0 Å². The van der Waals surface area contributed by atoms with Gasteiger partial charge >= 0.3 is 12.0 Å². The predicted octanol–water partition coefficient (Wildman–Crippen LogP) is 1.39. The largest absolute Gasteiger partial charge is 0.480 e. The van der Waals surface area contributed by atoms with Crippen molar-refractivity contribution in [2.45, 2.75) is 38.6 Å². The Morgan fingerprint density at radius 2 is 1.88 bits per heavy atom. The number of likely N-dealkylation sites (N-methyl/N-ethyl adjacent to an activating group) is 1. The van der Waals surface area contributed by atoms with E-state index in [9.17, 15) is 9.59 Å². The van der Waals surface area contributed by atoms with Gasteiger partial charge in [-0.3, -0.25) is 0 Å². The molecule has 1 aliphatic heterocycles. The number of rotatable bonds is 3. The zero-order chi connectivity index (χ0) is 12.1. The number of amides is 2. The van der Waals surface area contributed by atoms with Crippen molar-refractivity contribution in [3.8, 4) is 0 Å². The van der Waals surface area contributed by atoms with Gasteiger partial charge in [0.05, 0.1) is 0 Å². The van der Waals surface area contributed by atoms with Crippen LogP contribution in [0.2, 0.25) is 0 Å². The fraction of sp³-hybridized carbons (Fsp3) is 0.818. The summed E-state index contributed by atoms with van der Waals surface area (Å²) in [6.45, 7) is 3.28. The lowest BCUT2D eigenvalue weighted by Crippen LogP contribution is -2.50. The maximum atomic E-state index is 12.0. The summed E-state index contributed by atoms with van der Waals surface area (Å²) < 4.78 is 0. The fourth-order valence-electron chi connectivity index (χ4n) is 2.06. The highest BCUT2D eigenvalue weighted by molar-refractivity contribution is 5.82. The van der Waals surface area contributed by atoms with Gasteiger partial charge in [0.2, 0.25) is 0 Å². The molecule has 1 fully saturated rings. The van der Waals surface area contributed by atoms with Gasteiger partial charge in [-0.2, -0.15) is 0 Å². The number of likely N-dealkylation sites (tertiary alicyclic amines) is 1. The number of piperidine rings is 1. The van der Waals surface area contributed by atoms with Crippen LogP contribution in [0.3, 0.4) is 0 Å². The summed E-state index contributed by atoms with van der Waals surface area (Å²) in [6, 6.07) is -0.872. The minimum Gasteiger partial charge on any atom is -0.480 e. The first-order valence-electron chi connectivity index (χ1n) is 5.82. The van der Waals surface area contributed by atoms with E-state index in [2.05, 4.69) is 0 Å². The molecule has 0 aliphatic carbocycles. The summed E-state index contributed by atoms with van der Waals surface area (Å²) in [6.07, 6.45) is 3.63. The van der Waals surface area contributed by atoms with Crippen molar-refractivity contribution >= 4 is 12.0 Å². The second-order valence-corrected chi connectivity index (χ2v) is 4.20. The molecule has 0 radical (unpaired) electrons. The van der Waals surface area contributed by atoms with E-state index in [1.807, 2.05) is 0 Å². The Kier molecular flexibility index (Phi) is 4.58. The first-order chi connectivity index (χ1) is 7.57. The Labute approximate surface area is 96.0 Å². The van der Waals surface area contributed by atoms with Gasteiger partial charge < -0.3 is 14.9 Å². The monoisotopic (exact) mass is 228 g/mol. The molecule has 1 heterocycles. The smallest absolute Gasteiger partial charge is 0.326 e. The van der Waals surface area contributed by atoms with Gasteiger partial charge in [0.1, 0.15) is 6.04 Å². The third-order valence-corrected chi connectivity index (χ3v) is 3.07. The molecule has 0 spiro atoms. The third-order valence-electron chi connectivity index (χ3n) is 3.07. The topological polar surface area (TPSA) is 60.9 Å². The van der Waals surface area contributed by atoms with E-state index < -0.39 is 12.0 Å². The summed E-state index contributed by atoms with van der Waals surface area (Å²) in [4.78, 5) is 26.0. The van der Waals surface area contributed by atoms with Crippen molar-refractivity contribution in [3.05, 3.63) is 0 Å². The zero-order valence-corrected chi connectivity index (χ0v) is 9.98. The number of carboxylic acid groups (broad SMARTS) is 1. The number of carboxylic acids is 1. The Bertz CT molecular complexity index is 262. The van der Waals surface area contributed by atoms with Crippen LogP contribution in [0.25, 0.3) is 0 Å². The molecular weight excluding hydrogens is 208 g/mol. The zero-order valence-electron chi connectivity index (χ0n) is 9.98. The lowest BCUT2D eigenvalue weighted by molar-refractivity contribution is -0.142. The van der Waals surface area contributed by atoms with Crippen LogP contribution in [-0.2, 0) is 4.79 Å². The van der Waals surface area contributed by atoms with E-state index in [1.54, 1.807) is 18.9 Å². The number of carbonyl (C=O) groups is 2. The molecule has 1 saturated heterocycles. The van der Waals surface area contributed by atoms with Gasteiger partial charge in [-0.1, -0.05) is 6.92 Å². The van der Waals surface area contributed by atoms with Gasteiger partial charge in [0.25, 0.3) is 0 Å². The highest BCUT2D eigenvalue weighted by atomic mass is 16.4. The number of hydrogen-bond acceptors (Lipinski definition) is 2. The van der Waals surface area contributed by atoms with Crippen LogP contribution < -0.4 is 0 Å². The molecule has 0 aromatic carbocycles. The third kappa shape index (κ3) is 2.87. The van der Waals surface area contributed by atoms with Crippen LogP contribution >= 0.6 is 0 Å². The average molecular weight is 228 g/mol. The van der Waals surface area contributed by atoms with Crippen LogP contribution in [0.4, 0.5) is 4.79 Å². The summed E-state index contributed by atoms with van der Waals surface area (Å²) in [5, 5.41) is 8.98. The maximum Gasteiger partial charge on any atom is 0.326 e. The number of urea groups is 1. The standard InChI is InChI=1S/C11H20N2O3/c1-3-9(10(14)15)12(2)11(16)13-7-5-4-6-8-13/h9H,3-8H2,1-2H3,(H,14,15).